The van der Waals surface area contributed by atoms with Crippen molar-refractivity contribution in [3.8, 4) is 0 Å². The number of pyridine rings is 1. The molecule has 0 radical (unpaired) electrons. The fourth-order valence-electron chi connectivity index (χ4n) is 3.99. The third-order valence-corrected chi connectivity index (χ3v) is 5.68. The Morgan fingerprint density at radius 3 is 2.65 bits per heavy atom. The summed E-state index contributed by atoms with van der Waals surface area (Å²) in [6.45, 7) is 5.61. The molecule has 1 atom stereocenters. The molecular weight excluding hydrogens is 326 g/mol. The first-order valence-electron chi connectivity index (χ1n) is 9.41. The molecule has 0 aliphatic carbocycles. The van der Waals surface area contributed by atoms with Gasteiger partial charge in [0, 0.05) is 44.3 Å². The van der Waals surface area contributed by atoms with Crippen LogP contribution in [-0.4, -0.2) is 58.2 Å². The normalized spacial score (nSPS) is 22.3. The molecular formula is C20H27N5O. The number of anilines is 1. The largest absolute Gasteiger partial charge is 0.373 e. The number of hydrogen-bond donors (Lipinski definition) is 0. The Hall–Kier alpha value is -2.05. The SMILES string of the molecule is Cc1cnc(N2CCC3(CC2)C[C@H](N(C)Cc2ccccn2)CO3)nc1. The highest BCUT2D eigenvalue weighted by Crippen LogP contribution is 2.38. The maximum Gasteiger partial charge on any atom is 0.225 e. The number of ether oxygens (including phenoxy) is 1. The minimum absolute atomic E-state index is 0.0181. The molecule has 2 aliphatic heterocycles. The van der Waals surface area contributed by atoms with E-state index in [0.717, 1.165) is 62.7 Å². The second-order valence-electron chi connectivity index (χ2n) is 7.64. The molecule has 4 rings (SSSR count). The molecule has 6 heteroatoms. The molecule has 0 amide bonds. The molecule has 0 saturated carbocycles. The predicted molar refractivity (Wildman–Crippen MR) is 101 cm³/mol. The van der Waals surface area contributed by atoms with Crippen LogP contribution in [0.5, 0.6) is 0 Å². The maximum absolute atomic E-state index is 6.33. The summed E-state index contributed by atoms with van der Waals surface area (Å²) in [6, 6.07) is 6.55. The fourth-order valence-corrected chi connectivity index (χ4v) is 3.99. The highest BCUT2D eigenvalue weighted by molar-refractivity contribution is 5.31. The molecule has 138 valence electrons. The zero-order valence-electron chi connectivity index (χ0n) is 15.6. The van der Waals surface area contributed by atoms with Crippen LogP contribution < -0.4 is 4.90 Å². The first-order chi connectivity index (χ1) is 12.6. The first kappa shape index (κ1) is 17.4. The lowest BCUT2D eigenvalue weighted by atomic mass is 9.87. The van der Waals surface area contributed by atoms with Gasteiger partial charge in [-0.2, -0.15) is 0 Å². The molecule has 6 nitrogen and oxygen atoms in total. The number of nitrogens with zero attached hydrogens (tertiary/aromatic N) is 5. The van der Waals surface area contributed by atoms with E-state index in [1.54, 1.807) is 0 Å². The summed E-state index contributed by atoms with van der Waals surface area (Å²) in [4.78, 5) is 18.0. The van der Waals surface area contributed by atoms with E-state index in [2.05, 4.69) is 37.9 Å². The molecule has 2 aliphatic rings. The third kappa shape index (κ3) is 3.71. The van der Waals surface area contributed by atoms with Crippen LogP contribution >= 0.6 is 0 Å². The van der Waals surface area contributed by atoms with Crippen LogP contribution in [0.25, 0.3) is 0 Å². The van der Waals surface area contributed by atoms with E-state index in [1.165, 1.54) is 0 Å². The van der Waals surface area contributed by atoms with Gasteiger partial charge in [-0.25, -0.2) is 9.97 Å². The van der Waals surface area contributed by atoms with Crippen molar-refractivity contribution in [3.05, 3.63) is 48.0 Å². The van der Waals surface area contributed by atoms with Gasteiger partial charge in [0.15, 0.2) is 0 Å². The van der Waals surface area contributed by atoms with Crippen molar-refractivity contribution in [1.29, 1.82) is 0 Å². The van der Waals surface area contributed by atoms with Crippen LogP contribution in [0.1, 0.15) is 30.5 Å². The summed E-state index contributed by atoms with van der Waals surface area (Å²) in [5, 5.41) is 0. The van der Waals surface area contributed by atoms with Gasteiger partial charge in [-0.15, -0.1) is 0 Å². The van der Waals surface area contributed by atoms with Crippen LogP contribution in [0, 0.1) is 6.92 Å². The Balaban J connectivity index is 1.33. The van der Waals surface area contributed by atoms with E-state index < -0.39 is 0 Å². The van der Waals surface area contributed by atoms with Crippen molar-refractivity contribution in [3.63, 3.8) is 0 Å². The van der Waals surface area contributed by atoms with E-state index >= 15 is 0 Å². The Morgan fingerprint density at radius 2 is 1.96 bits per heavy atom. The van der Waals surface area contributed by atoms with Gasteiger partial charge in [-0.1, -0.05) is 6.07 Å². The molecule has 1 spiro atoms. The molecule has 0 N–H and O–H groups in total. The summed E-state index contributed by atoms with van der Waals surface area (Å²) in [6.07, 6.45) is 8.82. The molecule has 2 saturated heterocycles. The monoisotopic (exact) mass is 353 g/mol. The topological polar surface area (TPSA) is 54.4 Å². The molecule has 0 bridgehead atoms. The van der Waals surface area contributed by atoms with Crippen LogP contribution in [0.3, 0.4) is 0 Å². The maximum atomic E-state index is 6.33. The van der Waals surface area contributed by atoms with Crippen LogP contribution in [-0.2, 0) is 11.3 Å². The van der Waals surface area contributed by atoms with Gasteiger partial charge >= 0.3 is 0 Å². The number of rotatable bonds is 4. The standard InChI is InChI=1S/C20H27N5O/c1-16-12-22-19(23-13-16)25-9-6-20(7-10-25)11-18(15-26-20)24(2)14-17-5-3-4-8-21-17/h3-5,8,12-13,18H,6-7,9-11,14-15H2,1-2H3/t18-/m0/s1. The Labute approximate surface area is 155 Å². The second kappa shape index (κ2) is 7.29. The zero-order chi connectivity index (χ0) is 18.0. The minimum Gasteiger partial charge on any atom is -0.373 e. The number of likely N-dealkylation sites (N-methyl/N-ethyl adjacent to an activating group) is 1. The zero-order valence-corrected chi connectivity index (χ0v) is 15.6. The first-order valence-corrected chi connectivity index (χ1v) is 9.41. The summed E-state index contributed by atoms with van der Waals surface area (Å²) < 4.78 is 6.33. The van der Waals surface area contributed by atoms with Crippen molar-refractivity contribution >= 4 is 5.95 Å². The van der Waals surface area contributed by atoms with Crippen molar-refractivity contribution in [2.24, 2.45) is 0 Å². The van der Waals surface area contributed by atoms with Gasteiger partial charge in [0.2, 0.25) is 5.95 Å². The van der Waals surface area contributed by atoms with Gasteiger partial charge in [-0.05, 0) is 50.9 Å². The van der Waals surface area contributed by atoms with Crippen molar-refractivity contribution < 1.29 is 4.74 Å². The minimum atomic E-state index is 0.0181. The van der Waals surface area contributed by atoms with Crippen molar-refractivity contribution in [1.82, 2.24) is 19.9 Å². The molecule has 2 fully saturated rings. The highest BCUT2D eigenvalue weighted by atomic mass is 16.5. The summed E-state index contributed by atoms with van der Waals surface area (Å²) in [5.41, 5.74) is 2.23. The van der Waals surface area contributed by atoms with E-state index in [9.17, 15) is 0 Å². The highest BCUT2D eigenvalue weighted by Gasteiger charge is 2.44. The summed E-state index contributed by atoms with van der Waals surface area (Å²) in [7, 11) is 2.18. The number of aryl methyl sites for hydroxylation is 1. The average Bonchev–Trinajstić information content (AvgIpc) is 3.08. The van der Waals surface area contributed by atoms with E-state index in [-0.39, 0.29) is 5.60 Å². The smallest absolute Gasteiger partial charge is 0.225 e. The number of piperidine rings is 1. The summed E-state index contributed by atoms with van der Waals surface area (Å²) >= 11 is 0. The molecule has 2 aromatic rings. The van der Waals surface area contributed by atoms with Gasteiger partial charge in [0.25, 0.3) is 0 Å². The fraction of sp³-hybridized carbons (Fsp3) is 0.550. The molecule has 4 heterocycles. The summed E-state index contributed by atoms with van der Waals surface area (Å²) in [5.74, 6) is 0.840. The van der Waals surface area contributed by atoms with Crippen LogP contribution in [0.2, 0.25) is 0 Å². The average molecular weight is 353 g/mol. The Kier molecular flexibility index (Phi) is 4.87. The lowest BCUT2D eigenvalue weighted by Crippen LogP contribution is -2.45. The quantitative estimate of drug-likeness (QED) is 0.842. The molecule has 0 unspecified atom stereocenters. The van der Waals surface area contributed by atoms with Gasteiger partial charge in [0.1, 0.15) is 0 Å². The van der Waals surface area contributed by atoms with Crippen molar-refractivity contribution in [2.75, 3.05) is 31.6 Å². The molecule has 0 aromatic carbocycles. The second-order valence-corrected chi connectivity index (χ2v) is 7.64. The van der Waals surface area contributed by atoms with E-state index in [4.69, 9.17) is 4.74 Å². The number of aromatic nitrogens is 3. The van der Waals surface area contributed by atoms with Crippen LogP contribution in [0.4, 0.5) is 5.95 Å². The van der Waals surface area contributed by atoms with Gasteiger partial charge in [-0.3, -0.25) is 9.88 Å². The van der Waals surface area contributed by atoms with E-state index in [1.807, 2.05) is 37.6 Å². The molecule has 26 heavy (non-hydrogen) atoms. The van der Waals surface area contributed by atoms with E-state index in [0.29, 0.717) is 6.04 Å². The van der Waals surface area contributed by atoms with Gasteiger partial charge < -0.3 is 9.64 Å². The molecule has 2 aromatic heterocycles. The predicted octanol–water partition coefficient (Wildman–Crippen LogP) is 2.44. The lowest BCUT2D eigenvalue weighted by Gasteiger charge is -2.39. The lowest BCUT2D eigenvalue weighted by molar-refractivity contribution is -0.0159. The Bertz CT molecular complexity index is 713. The third-order valence-electron chi connectivity index (χ3n) is 5.68. The van der Waals surface area contributed by atoms with Gasteiger partial charge in [0.05, 0.1) is 17.9 Å². The van der Waals surface area contributed by atoms with Crippen molar-refractivity contribution in [2.45, 2.75) is 44.4 Å². The van der Waals surface area contributed by atoms with Crippen LogP contribution in [0.15, 0.2) is 36.8 Å². The Morgan fingerprint density at radius 1 is 1.19 bits per heavy atom. The number of hydrogen-bond acceptors (Lipinski definition) is 6.